The van der Waals surface area contributed by atoms with E-state index in [0.717, 1.165) is 56.7 Å². The van der Waals surface area contributed by atoms with Crippen molar-refractivity contribution in [3.05, 3.63) is 11.8 Å². The van der Waals surface area contributed by atoms with Crippen LogP contribution in [0.1, 0.15) is 38.3 Å². The summed E-state index contributed by atoms with van der Waals surface area (Å²) in [4.78, 5) is 27.8. The second-order valence-corrected chi connectivity index (χ2v) is 6.44. The molecule has 0 aromatic carbocycles. The Morgan fingerprint density at radius 3 is 2.35 bits per heavy atom. The van der Waals surface area contributed by atoms with Gasteiger partial charge in [0.1, 0.15) is 5.82 Å². The summed E-state index contributed by atoms with van der Waals surface area (Å²) in [5.74, 6) is 2.12. The minimum atomic E-state index is 0.248. The van der Waals surface area contributed by atoms with Crippen molar-refractivity contribution in [2.45, 2.75) is 39.5 Å². The maximum absolute atomic E-state index is 11.8. The number of piperazine rings is 1. The van der Waals surface area contributed by atoms with Gasteiger partial charge in [0.2, 0.25) is 11.9 Å². The third-order valence-corrected chi connectivity index (χ3v) is 4.73. The van der Waals surface area contributed by atoms with Crippen molar-refractivity contribution in [1.82, 2.24) is 14.9 Å². The van der Waals surface area contributed by atoms with Gasteiger partial charge < -0.3 is 14.7 Å². The fourth-order valence-corrected chi connectivity index (χ4v) is 3.34. The van der Waals surface area contributed by atoms with E-state index in [1.165, 1.54) is 19.3 Å². The lowest BCUT2D eigenvalue weighted by Gasteiger charge is -2.36. The van der Waals surface area contributed by atoms with Crippen LogP contribution in [0.5, 0.6) is 0 Å². The Morgan fingerprint density at radius 1 is 1.00 bits per heavy atom. The molecule has 1 aromatic heterocycles. The smallest absolute Gasteiger partial charge is 0.227 e. The van der Waals surface area contributed by atoms with E-state index < -0.39 is 0 Å². The Bertz CT molecular complexity index is 548. The predicted octanol–water partition coefficient (Wildman–Crippen LogP) is 1.83. The Hall–Kier alpha value is -1.85. The molecule has 0 atom stereocenters. The SMILES string of the molecule is CCC(=O)N1CCN(c2cc(C)nc(N3CCCCC3)n2)CC1. The van der Waals surface area contributed by atoms with Crippen LogP contribution in [-0.4, -0.2) is 60.0 Å². The summed E-state index contributed by atoms with van der Waals surface area (Å²) in [5.41, 5.74) is 1.02. The lowest BCUT2D eigenvalue weighted by molar-refractivity contribution is -0.131. The predicted molar refractivity (Wildman–Crippen MR) is 91.9 cm³/mol. The number of piperidine rings is 1. The first-order chi connectivity index (χ1) is 11.2. The first kappa shape index (κ1) is 16.0. The fraction of sp³-hybridized carbons (Fsp3) is 0.706. The average Bonchev–Trinajstić information content (AvgIpc) is 2.61. The normalized spacial score (nSPS) is 19.1. The second-order valence-electron chi connectivity index (χ2n) is 6.44. The molecule has 2 aliphatic heterocycles. The van der Waals surface area contributed by atoms with E-state index in [9.17, 15) is 4.79 Å². The second kappa shape index (κ2) is 7.15. The third-order valence-electron chi connectivity index (χ3n) is 4.73. The van der Waals surface area contributed by atoms with E-state index in [2.05, 4.69) is 20.9 Å². The summed E-state index contributed by atoms with van der Waals surface area (Å²) in [6, 6.07) is 2.06. The minimum absolute atomic E-state index is 0.248. The number of hydrogen-bond donors (Lipinski definition) is 0. The van der Waals surface area contributed by atoms with Gasteiger partial charge in [-0.1, -0.05) is 6.92 Å². The molecule has 6 nitrogen and oxygen atoms in total. The topological polar surface area (TPSA) is 52.6 Å². The molecule has 3 heterocycles. The molecule has 0 radical (unpaired) electrons. The van der Waals surface area contributed by atoms with Gasteiger partial charge in [-0.05, 0) is 26.2 Å². The molecular formula is C17H27N5O. The number of carbonyl (C=O) groups is 1. The molecule has 2 saturated heterocycles. The van der Waals surface area contributed by atoms with Crippen LogP contribution < -0.4 is 9.80 Å². The zero-order valence-corrected chi connectivity index (χ0v) is 14.3. The van der Waals surface area contributed by atoms with E-state index >= 15 is 0 Å². The van der Waals surface area contributed by atoms with Crippen molar-refractivity contribution in [2.75, 3.05) is 49.1 Å². The van der Waals surface area contributed by atoms with E-state index in [-0.39, 0.29) is 5.91 Å². The fourth-order valence-electron chi connectivity index (χ4n) is 3.34. The number of carbonyl (C=O) groups excluding carboxylic acids is 1. The van der Waals surface area contributed by atoms with Crippen LogP contribution >= 0.6 is 0 Å². The van der Waals surface area contributed by atoms with Gasteiger partial charge in [0.25, 0.3) is 0 Å². The Labute approximate surface area is 138 Å². The molecule has 1 amide bonds. The summed E-state index contributed by atoms with van der Waals surface area (Å²) >= 11 is 0. The molecule has 1 aromatic rings. The molecule has 0 spiro atoms. The Morgan fingerprint density at radius 2 is 1.70 bits per heavy atom. The van der Waals surface area contributed by atoms with Crippen molar-refractivity contribution in [1.29, 1.82) is 0 Å². The highest BCUT2D eigenvalue weighted by Crippen LogP contribution is 2.21. The zero-order valence-electron chi connectivity index (χ0n) is 14.3. The van der Waals surface area contributed by atoms with Crippen LogP contribution in [0.4, 0.5) is 11.8 Å². The summed E-state index contributed by atoms with van der Waals surface area (Å²) in [7, 11) is 0. The molecule has 0 saturated carbocycles. The molecular weight excluding hydrogens is 290 g/mol. The number of anilines is 2. The average molecular weight is 317 g/mol. The molecule has 0 N–H and O–H groups in total. The van der Waals surface area contributed by atoms with Crippen LogP contribution in [0.2, 0.25) is 0 Å². The van der Waals surface area contributed by atoms with Gasteiger partial charge in [0, 0.05) is 57.4 Å². The summed E-state index contributed by atoms with van der Waals surface area (Å²) in [5, 5.41) is 0. The third kappa shape index (κ3) is 3.74. The van der Waals surface area contributed by atoms with Gasteiger partial charge in [-0.25, -0.2) is 4.98 Å². The molecule has 0 bridgehead atoms. The van der Waals surface area contributed by atoms with Crippen molar-refractivity contribution in [2.24, 2.45) is 0 Å². The van der Waals surface area contributed by atoms with Crippen LogP contribution in [0.15, 0.2) is 6.07 Å². The highest BCUT2D eigenvalue weighted by atomic mass is 16.2. The number of rotatable bonds is 3. The van der Waals surface area contributed by atoms with E-state index in [4.69, 9.17) is 4.98 Å². The Kier molecular flexibility index (Phi) is 4.98. The standard InChI is InChI=1S/C17H27N5O/c1-3-16(23)21-11-9-20(10-12-21)15-13-14(2)18-17(19-15)22-7-5-4-6-8-22/h13H,3-12H2,1-2H3. The van der Waals surface area contributed by atoms with Crippen molar-refractivity contribution < 1.29 is 4.79 Å². The lowest BCUT2D eigenvalue weighted by Crippen LogP contribution is -2.49. The van der Waals surface area contributed by atoms with Crippen LogP contribution in [0.25, 0.3) is 0 Å². The molecule has 3 rings (SSSR count). The highest BCUT2D eigenvalue weighted by Gasteiger charge is 2.22. The molecule has 2 aliphatic rings. The van der Waals surface area contributed by atoms with Crippen LogP contribution in [0.3, 0.4) is 0 Å². The van der Waals surface area contributed by atoms with Gasteiger partial charge >= 0.3 is 0 Å². The maximum atomic E-state index is 11.8. The van der Waals surface area contributed by atoms with Crippen molar-refractivity contribution in [3.63, 3.8) is 0 Å². The largest absolute Gasteiger partial charge is 0.353 e. The Balaban J connectivity index is 1.70. The summed E-state index contributed by atoms with van der Waals surface area (Å²) < 4.78 is 0. The van der Waals surface area contributed by atoms with Gasteiger partial charge in [-0.2, -0.15) is 4.98 Å². The minimum Gasteiger partial charge on any atom is -0.353 e. The quantitative estimate of drug-likeness (QED) is 0.851. The van der Waals surface area contributed by atoms with E-state index in [1.807, 2.05) is 18.7 Å². The van der Waals surface area contributed by atoms with E-state index in [0.29, 0.717) is 6.42 Å². The number of amides is 1. The molecule has 2 fully saturated rings. The van der Waals surface area contributed by atoms with Gasteiger partial charge in [-0.15, -0.1) is 0 Å². The van der Waals surface area contributed by atoms with Gasteiger partial charge in [0.05, 0.1) is 0 Å². The summed E-state index contributed by atoms with van der Waals surface area (Å²) in [6.45, 7) is 9.35. The number of aryl methyl sites for hydroxylation is 1. The number of nitrogens with zero attached hydrogens (tertiary/aromatic N) is 5. The number of hydrogen-bond acceptors (Lipinski definition) is 5. The monoisotopic (exact) mass is 317 g/mol. The molecule has 6 heteroatoms. The van der Waals surface area contributed by atoms with Crippen LogP contribution in [-0.2, 0) is 4.79 Å². The van der Waals surface area contributed by atoms with Crippen molar-refractivity contribution >= 4 is 17.7 Å². The van der Waals surface area contributed by atoms with Crippen molar-refractivity contribution in [3.8, 4) is 0 Å². The maximum Gasteiger partial charge on any atom is 0.227 e. The highest BCUT2D eigenvalue weighted by molar-refractivity contribution is 5.76. The van der Waals surface area contributed by atoms with Gasteiger partial charge in [0.15, 0.2) is 0 Å². The first-order valence-electron chi connectivity index (χ1n) is 8.80. The molecule has 23 heavy (non-hydrogen) atoms. The zero-order chi connectivity index (χ0) is 16.2. The molecule has 0 aliphatic carbocycles. The molecule has 0 unspecified atom stereocenters. The number of aromatic nitrogens is 2. The molecule has 126 valence electrons. The lowest BCUT2D eigenvalue weighted by atomic mass is 10.1. The van der Waals surface area contributed by atoms with E-state index in [1.54, 1.807) is 0 Å². The van der Waals surface area contributed by atoms with Crippen LogP contribution in [0, 0.1) is 6.92 Å². The first-order valence-corrected chi connectivity index (χ1v) is 8.80. The summed E-state index contributed by atoms with van der Waals surface area (Å²) in [6.07, 6.45) is 4.35. The van der Waals surface area contributed by atoms with Gasteiger partial charge in [-0.3, -0.25) is 4.79 Å².